The Hall–Kier alpha value is -3.69. The van der Waals surface area contributed by atoms with Gasteiger partial charge >= 0.3 is 5.97 Å². The summed E-state index contributed by atoms with van der Waals surface area (Å²) >= 11 is 0. The summed E-state index contributed by atoms with van der Waals surface area (Å²) in [5, 5.41) is 5.89. The van der Waals surface area contributed by atoms with E-state index in [1.54, 1.807) is 30.3 Å². The van der Waals surface area contributed by atoms with E-state index in [0.29, 0.717) is 16.9 Å². The molecule has 3 aromatic carbocycles. The molecular weight excluding hydrogens is 442 g/mol. The largest absolute Gasteiger partial charge is 0.452 e. The van der Waals surface area contributed by atoms with Crippen LogP contribution in [0.1, 0.15) is 33.2 Å². The van der Waals surface area contributed by atoms with E-state index < -0.39 is 34.7 Å². The zero-order valence-corrected chi connectivity index (χ0v) is 18.9. The number of ether oxygens (including phenoxy) is 1. The number of esters is 1. The van der Waals surface area contributed by atoms with Crippen LogP contribution in [-0.2, 0) is 19.6 Å². The van der Waals surface area contributed by atoms with Crippen LogP contribution in [0, 0.1) is 13.8 Å². The summed E-state index contributed by atoms with van der Waals surface area (Å²) in [5.41, 5.74) is 3.90. The number of benzene rings is 3. The van der Waals surface area contributed by atoms with E-state index in [1.807, 2.05) is 32.0 Å². The highest BCUT2D eigenvalue weighted by Crippen LogP contribution is 2.30. The van der Waals surface area contributed by atoms with Crippen LogP contribution in [-0.4, -0.2) is 26.9 Å². The molecule has 1 amide bonds. The number of carbonyl (C=O) groups is 2. The minimum Gasteiger partial charge on any atom is -0.452 e. The standard InChI is InChI=1S/C24H23N3O5S/c1-15-6-5-7-16(2)22(15)26-21(28)14-32-24(29)18-12-10-17(11-13-18)23-25-19-8-3-4-9-20(19)33(30,31)27-23/h3-13,23,25,27H,14H2,1-2H3,(H,26,28). The number of nitrogens with one attached hydrogen (secondary N) is 3. The third-order valence-corrected chi connectivity index (χ3v) is 6.79. The number of amides is 1. The zero-order chi connectivity index (χ0) is 23.6. The molecule has 1 unspecified atom stereocenters. The van der Waals surface area contributed by atoms with Crippen molar-refractivity contribution in [1.82, 2.24) is 4.72 Å². The number of hydrogen-bond donors (Lipinski definition) is 3. The van der Waals surface area contributed by atoms with Crippen LogP contribution in [0.2, 0.25) is 0 Å². The minimum atomic E-state index is -3.66. The van der Waals surface area contributed by atoms with Gasteiger partial charge in [-0.15, -0.1) is 0 Å². The summed E-state index contributed by atoms with van der Waals surface area (Å²) in [4.78, 5) is 24.8. The number of rotatable bonds is 5. The molecule has 0 spiro atoms. The first-order valence-electron chi connectivity index (χ1n) is 10.3. The number of para-hydroxylation sites is 2. The Morgan fingerprint density at radius 1 is 0.939 bits per heavy atom. The molecule has 33 heavy (non-hydrogen) atoms. The molecule has 0 fully saturated rings. The van der Waals surface area contributed by atoms with Crippen molar-refractivity contribution < 1.29 is 22.7 Å². The molecule has 0 aromatic heterocycles. The van der Waals surface area contributed by atoms with E-state index in [4.69, 9.17) is 4.74 Å². The van der Waals surface area contributed by atoms with Crippen LogP contribution >= 0.6 is 0 Å². The highest BCUT2D eigenvalue weighted by molar-refractivity contribution is 7.89. The first kappa shape index (κ1) is 22.5. The molecular formula is C24H23N3O5S. The lowest BCUT2D eigenvalue weighted by Gasteiger charge is -2.28. The predicted molar refractivity (Wildman–Crippen MR) is 124 cm³/mol. The molecule has 0 saturated carbocycles. The van der Waals surface area contributed by atoms with Crippen molar-refractivity contribution >= 4 is 33.3 Å². The maximum absolute atomic E-state index is 12.5. The van der Waals surface area contributed by atoms with E-state index in [-0.39, 0.29) is 10.5 Å². The van der Waals surface area contributed by atoms with E-state index in [1.165, 1.54) is 18.2 Å². The molecule has 3 aromatic rings. The number of hydrogen-bond acceptors (Lipinski definition) is 6. The molecule has 9 heteroatoms. The van der Waals surface area contributed by atoms with Crippen LogP contribution in [0.25, 0.3) is 0 Å². The second-order valence-corrected chi connectivity index (χ2v) is 9.39. The molecule has 3 N–H and O–H groups in total. The van der Waals surface area contributed by atoms with Crippen molar-refractivity contribution in [3.05, 3.63) is 89.0 Å². The SMILES string of the molecule is Cc1cccc(C)c1NC(=O)COC(=O)c1ccc(C2Nc3ccccc3S(=O)(=O)N2)cc1. The number of sulfonamides is 1. The van der Waals surface area contributed by atoms with Crippen molar-refractivity contribution in [1.29, 1.82) is 0 Å². The lowest BCUT2D eigenvalue weighted by atomic mass is 10.1. The van der Waals surface area contributed by atoms with Gasteiger partial charge in [0.15, 0.2) is 6.61 Å². The Morgan fingerprint density at radius 3 is 2.30 bits per heavy atom. The van der Waals surface area contributed by atoms with Crippen molar-refractivity contribution in [3.8, 4) is 0 Å². The summed E-state index contributed by atoms with van der Waals surface area (Å²) in [5.74, 6) is -1.09. The third kappa shape index (κ3) is 4.89. The quantitative estimate of drug-likeness (QED) is 0.497. The lowest BCUT2D eigenvalue weighted by molar-refractivity contribution is -0.119. The van der Waals surface area contributed by atoms with Crippen LogP contribution in [0.5, 0.6) is 0 Å². The summed E-state index contributed by atoms with van der Waals surface area (Å²) in [6, 6.07) is 18.6. The summed E-state index contributed by atoms with van der Waals surface area (Å²) in [6.45, 7) is 3.35. The van der Waals surface area contributed by atoms with Gasteiger partial charge in [-0.25, -0.2) is 13.2 Å². The second-order valence-electron chi connectivity index (χ2n) is 7.71. The molecule has 1 aliphatic heterocycles. The van der Waals surface area contributed by atoms with Crippen LogP contribution in [0.4, 0.5) is 11.4 Å². The minimum absolute atomic E-state index is 0.181. The molecule has 0 aliphatic carbocycles. The van der Waals surface area contributed by atoms with Gasteiger partial charge in [-0.2, -0.15) is 4.72 Å². The van der Waals surface area contributed by atoms with Crippen molar-refractivity contribution in [2.75, 3.05) is 17.2 Å². The van der Waals surface area contributed by atoms with Crippen LogP contribution < -0.4 is 15.4 Å². The Balaban J connectivity index is 1.38. The fourth-order valence-corrected chi connectivity index (χ4v) is 4.89. The fraction of sp³-hybridized carbons (Fsp3) is 0.167. The van der Waals surface area contributed by atoms with Crippen LogP contribution in [0.3, 0.4) is 0 Å². The van der Waals surface area contributed by atoms with Gasteiger partial charge in [-0.3, -0.25) is 4.79 Å². The second kappa shape index (κ2) is 9.05. The van der Waals surface area contributed by atoms with Gasteiger partial charge in [0.1, 0.15) is 11.1 Å². The Labute approximate surface area is 192 Å². The zero-order valence-electron chi connectivity index (χ0n) is 18.1. The maximum atomic E-state index is 12.5. The predicted octanol–water partition coefficient (Wildman–Crippen LogP) is 3.50. The van der Waals surface area contributed by atoms with Gasteiger partial charge in [-0.1, -0.05) is 42.5 Å². The maximum Gasteiger partial charge on any atom is 0.338 e. The normalized spacial score (nSPS) is 16.2. The average molecular weight is 466 g/mol. The molecule has 8 nitrogen and oxygen atoms in total. The van der Waals surface area contributed by atoms with E-state index in [0.717, 1.165) is 11.1 Å². The smallest absolute Gasteiger partial charge is 0.338 e. The molecule has 1 aliphatic rings. The molecule has 0 radical (unpaired) electrons. The van der Waals surface area contributed by atoms with Crippen molar-refractivity contribution in [2.24, 2.45) is 0 Å². The molecule has 0 bridgehead atoms. The monoisotopic (exact) mass is 465 g/mol. The highest BCUT2D eigenvalue weighted by Gasteiger charge is 2.29. The first-order valence-corrected chi connectivity index (χ1v) is 11.7. The Bertz CT molecular complexity index is 1300. The Kier molecular flexibility index (Phi) is 6.17. The van der Waals surface area contributed by atoms with Gasteiger partial charge in [0, 0.05) is 5.69 Å². The van der Waals surface area contributed by atoms with E-state index in [2.05, 4.69) is 15.4 Å². The van der Waals surface area contributed by atoms with Gasteiger partial charge in [0.2, 0.25) is 10.0 Å². The fourth-order valence-electron chi connectivity index (χ4n) is 3.59. The lowest BCUT2D eigenvalue weighted by Crippen LogP contribution is -2.38. The highest BCUT2D eigenvalue weighted by atomic mass is 32.2. The van der Waals surface area contributed by atoms with E-state index >= 15 is 0 Å². The average Bonchev–Trinajstić information content (AvgIpc) is 2.79. The number of aryl methyl sites for hydroxylation is 2. The molecule has 0 saturated heterocycles. The number of carbonyl (C=O) groups excluding carboxylic acids is 2. The van der Waals surface area contributed by atoms with Crippen LogP contribution in [0.15, 0.2) is 71.6 Å². The van der Waals surface area contributed by atoms with Crippen molar-refractivity contribution in [2.45, 2.75) is 24.9 Å². The Morgan fingerprint density at radius 2 is 1.61 bits per heavy atom. The molecule has 1 heterocycles. The topological polar surface area (TPSA) is 114 Å². The summed E-state index contributed by atoms with van der Waals surface area (Å²) in [6.07, 6.45) is -0.682. The summed E-state index contributed by atoms with van der Waals surface area (Å²) in [7, 11) is -3.66. The van der Waals surface area contributed by atoms with Gasteiger partial charge in [0.05, 0.1) is 11.3 Å². The number of anilines is 2. The van der Waals surface area contributed by atoms with Crippen molar-refractivity contribution in [3.63, 3.8) is 0 Å². The molecule has 1 atom stereocenters. The number of fused-ring (bicyclic) bond motifs is 1. The first-order chi connectivity index (χ1) is 15.7. The van der Waals surface area contributed by atoms with Gasteiger partial charge in [0.25, 0.3) is 5.91 Å². The van der Waals surface area contributed by atoms with Gasteiger partial charge in [-0.05, 0) is 54.8 Å². The third-order valence-electron chi connectivity index (χ3n) is 5.31. The van der Waals surface area contributed by atoms with E-state index in [9.17, 15) is 18.0 Å². The summed E-state index contributed by atoms with van der Waals surface area (Å²) < 4.78 is 32.7. The molecule has 170 valence electrons. The molecule has 4 rings (SSSR count). The van der Waals surface area contributed by atoms with Gasteiger partial charge < -0.3 is 15.4 Å².